The molecule has 4 heteroatoms. The summed E-state index contributed by atoms with van der Waals surface area (Å²) in [5.74, 6) is 5.88. The number of hydrogen-bond acceptors (Lipinski definition) is 3. The molecule has 0 radical (unpaired) electrons. The molecule has 0 amide bonds. The largest absolute Gasteiger partial charge is 0.483 e. The SMILES string of the molecule is C=CC.CC.CC.CCCC(CC(O)C#Cc1ccccc1)NC.O=CO. The lowest BCUT2D eigenvalue weighted by atomic mass is 10.0. The van der Waals surface area contributed by atoms with Crippen molar-refractivity contribution in [3.8, 4) is 11.8 Å². The molecule has 0 saturated carbocycles. The van der Waals surface area contributed by atoms with Gasteiger partial charge in [-0.15, -0.1) is 6.58 Å². The molecule has 1 aromatic carbocycles. The molecular weight excluding hydrogens is 338 g/mol. The first-order chi connectivity index (χ1) is 13.1. The van der Waals surface area contributed by atoms with E-state index in [9.17, 15) is 5.11 Å². The number of aliphatic hydroxyl groups excluding tert-OH is 1. The van der Waals surface area contributed by atoms with E-state index in [1.165, 1.54) is 0 Å². The Kier molecular flexibility index (Phi) is 38.2. The van der Waals surface area contributed by atoms with Crippen molar-refractivity contribution in [1.82, 2.24) is 5.32 Å². The van der Waals surface area contributed by atoms with Gasteiger partial charge in [-0.1, -0.05) is 77.2 Å². The minimum atomic E-state index is -0.556. The summed E-state index contributed by atoms with van der Waals surface area (Å²) in [6.07, 6.45) is 4.06. The van der Waals surface area contributed by atoms with Crippen molar-refractivity contribution in [3.63, 3.8) is 0 Å². The highest BCUT2D eigenvalue weighted by Crippen LogP contribution is 2.04. The van der Waals surface area contributed by atoms with E-state index >= 15 is 0 Å². The molecule has 0 bridgehead atoms. The van der Waals surface area contributed by atoms with Gasteiger partial charge in [0.1, 0.15) is 6.10 Å². The fourth-order valence-corrected chi connectivity index (χ4v) is 1.75. The van der Waals surface area contributed by atoms with Gasteiger partial charge in [0.25, 0.3) is 6.47 Å². The van der Waals surface area contributed by atoms with Crippen LogP contribution in [0.5, 0.6) is 0 Å². The van der Waals surface area contributed by atoms with Crippen LogP contribution >= 0.6 is 0 Å². The zero-order valence-corrected chi connectivity index (χ0v) is 18.3. The first kappa shape index (κ1) is 32.6. The Balaban J connectivity index is -0.000000224. The first-order valence-electron chi connectivity index (χ1n) is 9.66. The Morgan fingerprint density at radius 2 is 1.63 bits per heavy atom. The minimum absolute atomic E-state index is 0.250. The van der Waals surface area contributed by atoms with Gasteiger partial charge in [-0.25, -0.2) is 0 Å². The Labute approximate surface area is 167 Å². The predicted octanol–water partition coefficient (Wildman–Crippen LogP) is 5.12. The number of allylic oxidation sites excluding steroid dienone is 1. The molecule has 27 heavy (non-hydrogen) atoms. The molecule has 3 N–H and O–H groups in total. The molecule has 0 fully saturated rings. The molecule has 0 aliphatic carbocycles. The van der Waals surface area contributed by atoms with Gasteiger partial charge >= 0.3 is 0 Å². The lowest BCUT2D eigenvalue weighted by Gasteiger charge is -2.15. The smallest absolute Gasteiger partial charge is 0.290 e. The number of hydrogen-bond donors (Lipinski definition) is 3. The third-order valence-corrected chi connectivity index (χ3v) is 2.71. The molecule has 1 rings (SSSR count). The molecule has 0 spiro atoms. The molecule has 0 aliphatic rings. The molecule has 0 saturated heterocycles. The van der Waals surface area contributed by atoms with Gasteiger partial charge in [-0.05, 0) is 38.9 Å². The zero-order valence-electron chi connectivity index (χ0n) is 18.3. The second-order valence-electron chi connectivity index (χ2n) is 4.67. The number of carbonyl (C=O) groups is 1. The summed E-state index contributed by atoms with van der Waals surface area (Å²) in [5.41, 5.74) is 0.947. The molecule has 1 aromatic rings. The molecule has 0 heterocycles. The summed E-state index contributed by atoms with van der Waals surface area (Å²) >= 11 is 0. The van der Waals surface area contributed by atoms with E-state index in [0.717, 1.165) is 18.4 Å². The van der Waals surface area contributed by atoms with Crippen LogP contribution in [0.15, 0.2) is 43.0 Å². The highest BCUT2D eigenvalue weighted by Gasteiger charge is 2.09. The Hall–Kier alpha value is -2.09. The summed E-state index contributed by atoms with van der Waals surface area (Å²) < 4.78 is 0. The molecule has 0 aromatic heterocycles. The van der Waals surface area contributed by atoms with Crippen LogP contribution < -0.4 is 5.32 Å². The van der Waals surface area contributed by atoms with Crippen LogP contribution in [0.4, 0.5) is 0 Å². The van der Waals surface area contributed by atoms with Crippen LogP contribution in [-0.4, -0.2) is 35.9 Å². The van der Waals surface area contributed by atoms with E-state index < -0.39 is 6.10 Å². The van der Waals surface area contributed by atoms with Crippen molar-refractivity contribution in [3.05, 3.63) is 48.6 Å². The van der Waals surface area contributed by atoms with Gasteiger partial charge in [0, 0.05) is 11.6 Å². The second-order valence-corrected chi connectivity index (χ2v) is 4.67. The van der Waals surface area contributed by atoms with Crippen LogP contribution in [0.3, 0.4) is 0 Å². The number of benzene rings is 1. The van der Waals surface area contributed by atoms with E-state index in [-0.39, 0.29) is 6.47 Å². The second kappa shape index (κ2) is 31.7. The predicted molar refractivity (Wildman–Crippen MR) is 119 cm³/mol. The van der Waals surface area contributed by atoms with E-state index in [0.29, 0.717) is 12.5 Å². The van der Waals surface area contributed by atoms with Crippen molar-refractivity contribution in [2.75, 3.05) is 7.05 Å². The normalized spacial score (nSPS) is 9.93. The summed E-state index contributed by atoms with van der Waals surface area (Å²) in [4.78, 5) is 8.36. The quantitative estimate of drug-likeness (QED) is 0.377. The van der Waals surface area contributed by atoms with Gasteiger partial charge in [-0.2, -0.15) is 0 Å². The average Bonchev–Trinajstić information content (AvgIpc) is 2.71. The van der Waals surface area contributed by atoms with E-state index in [4.69, 9.17) is 9.90 Å². The molecule has 4 nitrogen and oxygen atoms in total. The van der Waals surface area contributed by atoms with Crippen molar-refractivity contribution in [1.29, 1.82) is 0 Å². The highest BCUT2D eigenvalue weighted by atomic mass is 16.3. The fraction of sp³-hybridized carbons (Fsp3) is 0.522. The van der Waals surface area contributed by atoms with Gasteiger partial charge in [0.05, 0.1) is 0 Å². The van der Waals surface area contributed by atoms with Crippen LogP contribution in [0, 0.1) is 11.8 Å². The van der Waals surface area contributed by atoms with Gasteiger partial charge < -0.3 is 15.5 Å². The van der Waals surface area contributed by atoms with Crippen molar-refractivity contribution in [2.24, 2.45) is 0 Å². The van der Waals surface area contributed by atoms with E-state index in [2.05, 4.69) is 30.7 Å². The van der Waals surface area contributed by atoms with Crippen LogP contribution in [0.1, 0.15) is 66.4 Å². The Morgan fingerprint density at radius 3 is 2.00 bits per heavy atom. The van der Waals surface area contributed by atoms with Crippen LogP contribution in [-0.2, 0) is 4.79 Å². The minimum Gasteiger partial charge on any atom is -0.483 e. The lowest BCUT2D eigenvalue weighted by Crippen LogP contribution is -2.29. The maximum atomic E-state index is 9.83. The van der Waals surface area contributed by atoms with Crippen molar-refractivity contribution >= 4 is 6.47 Å². The summed E-state index contributed by atoms with van der Waals surface area (Å²) in [7, 11) is 1.93. The van der Waals surface area contributed by atoms with Crippen molar-refractivity contribution < 1.29 is 15.0 Å². The van der Waals surface area contributed by atoms with Crippen LogP contribution in [0.2, 0.25) is 0 Å². The molecule has 0 aliphatic heterocycles. The zero-order chi connectivity index (χ0) is 21.9. The molecule has 2 atom stereocenters. The summed E-state index contributed by atoms with van der Waals surface area (Å²) in [5, 5.41) is 19.9. The number of rotatable bonds is 5. The van der Waals surface area contributed by atoms with Gasteiger partial charge in [0.15, 0.2) is 0 Å². The van der Waals surface area contributed by atoms with Crippen LogP contribution in [0.25, 0.3) is 0 Å². The van der Waals surface area contributed by atoms with Gasteiger partial charge in [0.2, 0.25) is 0 Å². The van der Waals surface area contributed by atoms with Gasteiger partial charge in [-0.3, -0.25) is 4.79 Å². The van der Waals surface area contributed by atoms with Crippen molar-refractivity contribution in [2.45, 2.75) is 73.0 Å². The molecule has 156 valence electrons. The maximum Gasteiger partial charge on any atom is 0.290 e. The Morgan fingerprint density at radius 1 is 1.19 bits per heavy atom. The Bertz CT molecular complexity index is 444. The fourth-order valence-electron chi connectivity index (χ4n) is 1.75. The molecular formula is C23H41NO3. The molecule has 2 unspecified atom stereocenters. The number of nitrogens with one attached hydrogen (secondary N) is 1. The summed E-state index contributed by atoms with van der Waals surface area (Å²) in [6, 6.07) is 10.1. The third-order valence-electron chi connectivity index (χ3n) is 2.71. The van der Waals surface area contributed by atoms with E-state index in [1.807, 2.05) is 72.0 Å². The standard InChI is InChI=1S/C15H21NO.C3H6.2C2H6.CH2O2/c1-3-7-14(16-2)12-15(17)11-10-13-8-5-4-6-9-13;1-3-2;2*1-2;2-1-3/h4-6,8-9,14-17H,3,7,12H2,1-2H3;3H,1H2,2H3;2*1-2H3;1H,(H,2,3). The average molecular weight is 380 g/mol. The summed E-state index contributed by atoms with van der Waals surface area (Å²) in [6.45, 7) is 15.1. The topological polar surface area (TPSA) is 69.6 Å². The lowest BCUT2D eigenvalue weighted by molar-refractivity contribution is -0.122. The number of aliphatic hydroxyl groups is 1. The van der Waals surface area contributed by atoms with E-state index in [1.54, 1.807) is 6.08 Å². The first-order valence-corrected chi connectivity index (χ1v) is 9.66. The maximum absolute atomic E-state index is 9.83. The third kappa shape index (κ3) is 29.0. The monoisotopic (exact) mass is 379 g/mol. The highest BCUT2D eigenvalue weighted by molar-refractivity contribution is 5.34. The number of carboxylic acid groups (broad SMARTS) is 1.